The molecule has 3 aromatic carbocycles. The van der Waals surface area contributed by atoms with Crippen molar-refractivity contribution in [1.29, 1.82) is 0 Å². The first-order valence-electron chi connectivity index (χ1n) is 9.45. The van der Waals surface area contributed by atoms with Crippen molar-refractivity contribution in [1.82, 2.24) is 0 Å². The summed E-state index contributed by atoms with van der Waals surface area (Å²) in [5.41, 5.74) is 0.749. The lowest BCUT2D eigenvalue weighted by atomic mass is 10.0. The molecular weight excluding hydrogens is 368 g/mol. The number of aryl methyl sites for hydroxylation is 1. The maximum Gasteiger partial charge on any atom is 0.346 e. The number of carbonyl (C=O) groups excluding carboxylic acids is 2. The van der Waals surface area contributed by atoms with E-state index >= 15 is 0 Å². The van der Waals surface area contributed by atoms with Crippen LogP contribution < -0.4 is 4.74 Å². The van der Waals surface area contributed by atoms with E-state index in [1.54, 1.807) is 6.07 Å². The number of ketones is 1. The Kier molecular flexibility index (Phi) is 5.29. The predicted octanol–water partition coefficient (Wildman–Crippen LogP) is 4.16. The van der Waals surface area contributed by atoms with Crippen LogP contribution in [-0.4, -0.2) is 29.6 Å². The number of cyclic esters (lactones) is 1. The first kappa shape index (κ1) is 18.7. The monoisotopic (exact) mass is 388 g/mol. The van der Waals surface area contributed by atoms with E-state index in [1.807, 2.05) is 66.7 Å². The summed E-state index contributed by atoms with van der Waals surface area (Å²) in [6, 6.07) is 22.9. The molecule has 0 fully saturated rings. The molecule has 146 valence electrons. The van der Waals surface area contributed by atoms with E-state index in [0.29, 0.717) is 18.6 Å². The molecule has 1 heterocycles. The Labute approximate surface area is 168 Å². The van der Waals surface area contributed by atoms with Gasteiger partial charge < -0.3 is 14.6 Å². The highest BCUT2D eigenvalue weighted by atomic mass is 16.6. The van der Waals surface area contributed by atoms with Crippen LogP contribution in [-0.2, 0) is 20.7 Å². The van der Waals surface area contributed by atoms with Crippen LogP contribution in [0.15, 0.2) is 84.1 Å². The van der Waals surface area contributed by atoms with Gasteiger partial charge in [0.15, 0.2) is 18.5 Å². The summed E-state index contributed by atoms with van der Waals surface area (Å²) in [5.74, 6) is -1.16. The second-order valence-electron chi connectivity index (χ2n) is 6.87. The maximum atomic E-state index is 12.6. The Balaban J connectivity index is 1.44. The first-order valence-corrected chi connectivity index (χ1v) is 9.45. The summed E-state index contributed by atoms with van der Waals surface area (Å²) in [5, 5.41) is 12.3. The SMILES string of the molecule is O=C(COc1cccc2ccccc12)C1=C(O)C(CCc2ccccc2)OC1=O. The van der Waals surface area contributed by atoms with E-state index in [0.717, 1.165) is 16.3 Å². The highest BCUT2D eigenvalue weighted by molar-refractivity contribution is 6.19. The predicted molar refractivity (Wildman–Crippen MR) is 109 cm³/mol. The van der Waals surface area contributed by atoms with Gasteiger partial charge in [0.05, 0.1) is 0 Å². The number of benzene rings is 3. The number of fused-ring (bicyclic) bond motifs is 1. The van der Waals surface area contributed by atoms with Gasteiger partial charge in [0, 0.05) is 5.39 Å². The van der Waals surface area contributed by atoms with E-state index < -0.39 is 17.9 Å². The normalized spacial score (nSPS) is 16.1. The van der Waals surface area contributed by atoms with Crippen molar-refractivity contribution in [2.75, 3.05) is 6.61 Å². The third kappa shape index (κ3) is 3.99. The van der Waals surface area contributed by atoms with Crippen molar-refractivity contribution in [3.05, 3.63) is 89.7 Å². The molecule has 0 spiro atoms. The van der Waals surface area contributed by atoms with Gasteiger partial charge in [-0.15, -0.1) is 0 Å². The van der Waals surface area contributed by atoms with Gasteiger partial charge in [-0.1, -0.05) is 66.7 Å². The third-order valence-electron chi connectivity index (χ3n) is 4.94. The molecule has 0 saturated heterocycles. The molecule has 29 heavy (non-hydrogen) atoms. The zero-order chi connectivity index (χ0) is 20.2. The average Bonchev–Trinajstić information content (AvgIpc) is 3.04. The van der Waals surface area contributed by atoms with Crippen LogP contribution in [0.1, 0.15) is 12.0 Å². The molecule has 0 aromatic heterocycles. The van der Waals surface area contributed by atoms with Crippen LogP contribution in [0.5, 0.6) is 5.75 Å². The van der Waals surface area contributed by atoms with Crippen LogP contribution in [0.3, 0.4) is 0 Å². The molecule has 3 aromatic rings. The topological polar surface area (TPSA) is 72.8 Å². The van der Waals surface area contributed by atoms with E-state index in [4.69, 9.17) is 9.47 Å². The van der Waals surface area contributed by atoms with Crippen molar-refractivity contribution >= 4 is 22.5 Å². The average molecular weight is 388 g/mol. The lowest BCUT2D eigenvalue weighted by molar-refractivity contribution is -0.141. The molecule has 1 unspecified atom stereocenters. The third-order valence-corrected chi connectivity index (χ3v) is 4.94. The summed E-state index contributed by atoms with van der Waals surface area (Å²) in [7, 11) is 0. The van der Waals surface area contributed by atoms with Gasteiger partial charge in [-0.25, -0.2) is 4.79 Å². The molecule has 1 aliphatic rings. The second-order valence-corrected chi connectivity index (χ2v) is 6.87. The fraction of sp³-hybridized carbons (Fsp3) is 0.167. The Morgan fingerprint density at radius 1 is 0.966 bits per heavy atom. The number of esters is 1. The second kappa shape index (κ2) is 8.19. The number of carbonyl (C=O) groups is 2. The van der Waals surface area contributed by atoms with E-state index in [2.05, 4.69) is 0 Å². The van der Waals surface area contributed by atoms with Gasteiger partial charge >= 0.3 is 5.97 Å². The summed E-state index contributed by atoms with van der Waals surface area (Å²) >= 11 is 0. The van der Waals surface area contributed by atoms with Crippen molar-refractivity contribution in [3.8, 4) is 5.75 Å². The summed E-state index contributed by atoms with van der Waals surface area (Å²) in [4.78, 5) is 24.7. The van der Waals surface area contributed by atoms with Crippen LogP contribution in [0.4, 0.5) is 0 Å². The molecule has 0 radical (unpaired) electrons. The summed E-state index contributed by atoms with van der Waals surface area (Å²) in [6.07, 6.45) is 0.221. The molecule has 0 bridgehead atoms. The van der Waals surface area contributed by atoms with Crippen molar-refractivity contribution in [3.63, 3.8) is 0 Å². The molecule has 5 heteroatoms. The Morgan fingerprint density at radius 3 is 2.52 bits per heavy atom. The van der Waals surface area contributed by atoms with Gasteiger partial charge in [-0.05, 0) is 29.9 Å². The number of aliphatic hydroxyl groups is 1. The van der Waals surface area contributed by atoms with Gasteiger partial charge in [-0.3, -0.25) is 4.79 Å². The van der Waals surface area contributed by atoms with Crippen LogP contribution in [0.25, 0.3) is 10.8 Å². The standard InChI is InChI=1S/C24H20O5/c25-19(15-28-20-12-6-10-17-9-4-5-11-18(17)20)22-23(26)21(29-24(22)27)14-13-16-7-2-1-3-8-16/h1-12,21,26H,13-15H2. The quantitative estimate of drug-likeness (QED) is 0.486. The molecule has 0 aliphatic carbocycles. The van der Waals surface area contributed by atoms with Crippen LogP contribution in [0.2, 0.25) is 0 Å². The van der Waals surface area contributed by atoms with Gasteiger partial charge in [0.1, 0.15) is 11.3 Å². The van der Waals surface area contributed by atoms with Crippen LogP contribution >= 0.6 is 0 Å². The van der Waals surface area contributed by atoms with Crippen LogP contribution in [0, 0.1) is 0 Å². The molecule has 0 saturated carbocycles. The Bertz CT molecular complexity index is 1080. The molecule has 5 nitrogen and oxygen atoms in total. The minimum Gasteiger partial charge on any atom is -0.507 e. The number of hydrogen-bond donors (Lipinski definition) is 1. The van der Waals surface area contributed by atoms with Gasteiger partial charge in [0.2, 0.25) is 5.78 Å². The molecule has 4 rings (SSSR count). The van der Waals surface area contributed by atoms with Crippen molar-refractivity contribution in [2.45, 2.75) is 18.9 Å². The van der Waals surface area contributed by atoms with Gasteiger partial charge in [0.25, 0.3) is 0 Å². The lowest BCUT2D eigenvalue weighted by Crippen LogP contribution is -2.18. The summed E-state index contributed by atoms with van der Waals surface area (Å²) < 4.78 is 10.9. The van der Waals surface area contributed by atoms with Crippen molar-refractivity contribution < 1.29 is 24.2 Å². The van der Waals surface area contributed by atoms with E-state index in [9.17, 15) is 14.7 Å². The maximum absolute atomic E-state index is 12.6. The highest BCUT2D eigenvalue weighted by Crippen LogP contribution is 2.27. The molecular formula is C24H20O5. The van der Waals surface area contributed by atoms with E-state index in [-0.39, 0.29) is 17.9 Å². The Morgan fingerprint density at radius 2 is 1.69 bits per heavy atom. The lowest BCUT2D eigenvalue weighted by Gasteiger charge is -2.09. The molecule has 1 atom stereocenters. The molecule has 0 amide bonds. The van der Waals surface area contributed by atoms with E-state index in [1.165, 1.54) is 0 Å². The highest BCUT2D eigenvalue weighted by Gasteiger charge is 2.38. The molecule has 1 aliphatic heterocycles. The zero-order valence-electron chi connectivity index (χ0n) is 15.7. The first-order chi connectivity index (χ1) is 14.1. The number of Topliss-reactive ketones (excluding diaryl/α,β-unsaturated/α-hetero) is 1. The smallest absolute Gasteiger partial charge is 0.346 e. The summed E-state index contributed by atoms with van der Waals surface area (Å²) in [6.45, 7) is -0.353. The largest absolute Gasteiger partial charge is 0.507 e. The Hall–Kier alpha value is -3.60. The number of rotatable bonds is 7. The fourth-order valence-electron chi connectivity index (χ4n) is 3.44. The zero-order valence-corrected chi connectivity index (χ0v) is 15.7. The minimum atomic E-state index is -0.806. The number of ether oxygens (including phenoxy) is 2. The van der Waals surface area contributed by atoms with Gasteiger partial charge in [-0.2, -0.15) is 0 Å². The number of hydrogen-bond acceptors (Lipinski definition) is 5. The van der Waals surface area contributed by atoms with Crippen molar-refractivity contribution in [2.24, 2.45) is 0 Å². The molecule has 1 N–H and O–H groups in total. The minimum absolute atomic E-state index is 0.308. The number of aliphatic hydroxyl groups excluding tert-OH is 1. The fourth-order valence-corrected chi connectivity index (χ4v) is 3.44.